The van der Waals surface area contributed by atoms with Crippen molar-refractivity contribution in [3.63, 3.8) is 0 Å². The molecule has 150 valence electrons. The topological polar surface area (TPSA) is 109 Å². The number of rotatable bonds is 3. The summed E-state index contributed by atoms with van der Waals surface area (Å²) in [6.45, 7) is 3.11. The molecule has 3 atom stereocenters. The van der Waals surface area contributed by atoms with Gasteiger partial charge in [-0.25, -0.2) is 17.5 Å². The smallest absolute Gasteiger partial charge is 0.336 e. The van der Waals surface area contributed by atoms with Crippen LogP contribution in [0.3, 0.4) is 0 Å². The second-order valence-corrected chi connectivity index (χ2v) is 9.30. The van der Waals surface area contributed by atoms with Gasteiger partial charge in [-0.1, -0.05) is 49.4 Å². The Bertz CT molecular complexity index is 1160. The van der Waals surface area contributed by atoms with Gasteiger partial charge >= 0.3 is 5.97 Å². The zero-order chi connectivity index (χ0) is 21.1. The van der Waals surface area contributed by atoms with Gasteiger partial charge in [0.05, 0.1) is 10.8 Å². The molecule has 2 aromatic carbocycles. The van der Waals surface area contributed by atoms with Gasteiger partial charge in [0.25, 0.3) is 10.0 Å². The molecule has 0 bridgehead atoms. The van der Waals surface area contributed by atoms with E-state index >= 15 is 0 Å². The second-order valence-electron chi connectivity index (χ2n) is 7.55. The van der Waals surface area contributed by atoms with E-state index in [9.17, 15) is 27.9 Å². The van der Waals surface area contributed by atoms with Crippen LogP contribution in [0, 0.1) is 18.8 Å². The predicted octanol–water partition coefficient (Wildman–Crippen LogP) is 2.34. The molecule has 0 aromatic heterocycles. The van der Waals surface area contributed by atoms with Crippen LogP contribution in [-0.2, 0) is 25.2 Å². The van der Waals surface area contributed by atoms with Crippen molar-refractivity contribution in [3.8, 4) is 0 Å². The Hall–Kier alpha value is -3.00. The monoisotopic (exact) mass is 413 g/mol. The minimum absolute atomic E-state index is 0.00188. The van der Waals surface area contributed by atoms with Crippen molar-refractivity contribution in [2.24, 2.45) is 11.8 Å². The third kappa shape index (κ3) is 2.35. The number of carboxylic acids is 1. The summed E-state index contributed by atoms with van der Waals surface area (Å²) in [7, 11) is -4.41. The van der Waals surface area contributed by atoms with Crippen LogP contribution >= 0.6 is 0 Å². The first kappa shape index (κ1) is 19.3. The van der Waals surface area contributed by atoms with E-state index in [1.807, 2.05) is 0 Å². The number of amides is 1. The lowest BCUT2D eigenvalue weighted by atomic mass is 9.67. The van der Waals surface area contributed by atoms with Crippen LogP contribution in [0.15, 0.2) is 53.4 Å². The minimum Gasteiger partial charge on any atom is -0.479 e. The summed E-state index contributed by atoms with van der Waals surface area (Å²) in [6, 6.07) is 12.5. The maximum Gasteiger partial charge on any atom is 0.336 e. The standard InChI is InChI=1S/C21H19NO6S/c1-12-7-6-10-16-17(12)21(20(25)26)15(18(23)14-8-4-3-5-9-14)11-13(2)19(24)22(21)29(16,27)28/h3-10,13,15H,11H2,1-2H3,(H,25,26)/t13-,15-,21+/m1/s1. The van der Waals surface area contributed by atoms with E-state index in [1.54, 1.807) is 43.3 Å². The van der Waals surface area contributed by atoms with Crippen molar-refractivity contribution in [3.05, 3.63) is 65.2 Å². The van der Waals surface area contributed by atoms with Crippen molar-refractivity contribution in [2.75, 3.05) is 0 Å². The molecule has 7 nitrogen and oxygen atoms in total. The van der Waals surface area contributed by atoms with Crippen molar-refractivity contribution < 1.29 is 27.9 Å². The lowest BCUT2D eigenvalue weighted by Crippen LogP contribution is -2.63. The molecule has 29 heavy (non-hydrogen) atoms. The van der Waals surface area contributed by atoms with E-state index in [4.69, 9.17) is 0 Å². The average Bonchev–Trinajstić information content (AvgIpc) is 2.91. The van der Waals surface area contributed by atoms with E-state index < -0.39 is 45.1 Å². The van der Waals surface area contributed by atoms with Gasteiger partial charge < -0.3 is 5.11 Å². The highest BCUT2D eigenvalue weighted by Crippen LogP contribution is 2.55. The lowest BCUT2D eigenvalue weighted by molar-refractivity contribution is -0.162. The fourth-order valence-corrected chi connectivity index (χ4v) is 6.72. The number of ketones is 1. The molecule has 8 heteroatoms. The largest absolute Gasteiger partial charge is 0.479 e. The Balaban J connectivity index is 2.09. The van der Waals surface area contributed by atoms with Gasteiger partial charge in [0.15, 0.2) is 11.3 Å². The molecule has 4 rings (SSSR count). The number of hydrogen-bond donors (Lipinski definition) is 1. The Kier molecular flexibility index (Phi) is 4.16. The molecule has 2 aliphatic heterocycles. The number of carboxylic acid groups (broad SMARTS) is 1. The van der Waals surface area contributed by atoms with Crippen LogP contribution in [-0.4, -0.2) is 35.5 Å². The zero-order valence-electron chi connectivity index (χ0n) is 15.8. The van der Waals surface area contributed by atoms with E-state index in [-0.39, 0.29) is 22.4 Å². The first-order valence-corrected chi connectivity index (χ1v) is 10.6. The quantitative estimate of drug-likeness (QED) is 0.774. The number of fused-ring (bicyclic) bond motifs is 3. The molecule has 0 aliphatic carbocycles. The highest BCUT2D eigenvalue weighted by Gasteiger charge is 2.69. The number of Topliss-reactive ketones (excluding diaryl/α,β-unsaturated/α-hetero) is 1. The Labute approximate surface area is 168 Å². The number of carbonyl (C=O) groups excluding carboxylic acids is 2. The van der Waals surface area contributed by atoms with Gasteiger partial charge in [-0.05, 0) is 25.0 Å². The van der Waals surface area contributed by atoms with Crippen LogP contribution in [0.4, 0.5) is 0 Å². The second kappa shape index (κ2) is 6.25. The number of hydrogen-bond acceptors (Lipinski definition) is 5. The van der Waals surface area contributed by atoms with Crippen LogP contribution in [0.1, 0.15) is 34.8 Å². The molecule has 2 aliphatic rings. The summed E-state index contributed by atoms with van der Waals surface area (Å²) < 4.78 is 27.0. The number of benzene rings is 2. The van der Waals surface area contributed by atoms with Crippen LogP contribution in [0.25, 0.3) is 0 Å². The summed E-state index contributed by atoms with van der Waals surface area (Å²) >= 11 is 0. The highest BCUT2D eigenvalue weighted by molar-refractivity contribution is 7.90. The number of aliphatic carboxylic acids is 1. The number of sulfonamides is 1. The predicted molar refractivity (Wildman–Crippen MR) is 103 cm³/mol. The van der Waals surface area contributed by atoms with Gasteiger partial charge in [-0.2, -0.15) is 0 Å². The highest BCUT2D eigenvalue weighted by atomic mass is 32.2. The van der Waals surface area contributed by atoms with Crippen LogP contribution in [0.5, 0.6) is 0 Å². The number of piperidine rings is 1. The van der Waals surface area contributed by atoms with Crippen LogP contribution in [0.2, 0.25) is 0 Å². The molecule has 2 heterocycles. The first-order chi connectivity index (χ1) is 13.6. The third-order valence-electron chi connectivity index (χ3n) is 5.87. The summed E-state index contributed by atoms with van der Waals surface area (Å²) in [5, 5.41) is 10.4. The molecule has 0 saturated carbocycles. The average molecular weight is 413 g/mol. The fourth-order valence-electron chi connectivity index (χ4n) is 4.61. The van der Waals surface area contributed by atoms with E-state index in [0.717, 1.165) is 0 Å². The summed E-state index contributed by atoms with van der Waals surface area (Å²) in [6.07, 6.45) is -0.0569. The molecule has 0 radical (unpaired) electrons. The Morgan fingerprint density at radius 1 is 1.10 bits per heavy atom. The van der Waals surface area contributed by atoms with Gasteiger partial charge in [0.2, 0.25) is 5.91 Å². The maximum absolute atomic E-state index is 13.4. The van der Waals surface area contributed by atoms with Crippen molar-refractivity contribution in [1.82, 2.24) is 4.31 Å². The van der Waals surface area contributed by atoms with Crippen molar-refractivity contribution in [1.29, 1.82) is 0 Å². The Morgan fingerprint density at radius 2 is 1.76 bits per heavy atom. The Morgan fingerprint density at radius 3 is 2.38 bits per heavy atom. The third-order valence-corrected chi connectivity index (χ3v) is 7.72. The molecule has 1 amide bonds. The normalized spacial score (nSPS) is 27.2. The molecule has 1 saturated heterocycles. The number of aryl methyl sites for hydroxylation is 1. The molecule has 0 unspecified atom stereocenters. The maximum atomic E-state index is 13.4. The van der Waals surface area contributed by atoms with E-state index in [2.05, 4.69) is 0 Å². The first-order valence-electron chi connectivity index (χ1n) is 9.17. The lowest BCUT2D eigenvalue weighted by Gasteiger charge is -2.45. The number of carbonyl (C=O) groups is 3. The van der Waals surface area contributed by atoms with Gasteiger partial charge in [-0.15, -0.1) is 0 Å². The summed E-state index contributed by atoms with van der Waals surface area (Å²) in [5.74, 6) is -4.89. The fraction of sp³-hybridized carbons (Fsp3) is 0.286. The molecule has 2 aromatic rings. The molecular formula is C21H19NO6S. The number of nitrogens with zero attached hydrogens (tertiary/aromatic N) is 1. The van der Waals surface area contributed by atoms with E-state index in [0.29, 0.717) is 9.87 Å². The van der Waals surface area contributed by atoms with Gasteiger partial charge in [0.1, 0.15) is 0 Å². The van der Waals surface area contributed by atoms with Gasteiger partial charge in [0, 0.05) is 17.0 Å². The zero-order valence-corrected chi connectivity index (χ0v) is 16.6. The minimum atomic E-state index is -4.41. The summed E-state index contributed by atoms with van der Waals surface area (Å²) in [4.78, 5) is 38.9. The summed E-state index contributed by atoms with van der Waals surface area (Å²) in [5.41, 5.74) is -1.61. The molecule has 1 N–H and O–H groups in total. The van der Waals surface area contributed by atoms with Crippen molar-refractivity contribution >= 4 is 27.7 Å². The van der Waals surface area contributed by atoms with Crippen LogP contribution < -0.4 is 0 Å². The van der Waals surface area contributed by atoms with Crippen molar-refractivity contribution in [2.45, 2.75) is 30.7 Å². The van der Waals surface area contributed by atoms with Gasteiger partial charge in [-0.3, -0.25) is 9.59 Å². The van der Waals surface area contributed by atoms with E-state index in [1.165, 1.54) is 19.1 Å². The molecular weight excluding hydrogens is 394 g/mol. The molecule has 1 fully saturated rings. The molecule has 0 spiro atoms. The SMILES string of the molecule is Cc1cccc2c1[C@]1(C(=O)O)[C@@H](C(=O)c3ccccc3)C[C@@H](C)C(=O)N1S2(=O)=O.